The molecule has 0 heterocycles. The summed E-state index contributed by atoms with van der Waals surface area (Å²) in [6, 6.07) is 0. The van der Waals surface area contributed by atoms with E-state index in [-0.39, 0.29) is 0 Å². The number of carbonyl (C=O) groups is 1. The lowest BCUT2D eigenvalue weighted by Crippen LogP contribution is -2.39. The van der Waals surface area contributed by atoms with Crippen molar-refractivity contribution in [2.45, 2.75) is 43.1 Å². The van der Waals surface area contributed by atoms with Gasteiger partial charge in [-0.25, -0.2) is 4.79 Å². The van der Waals surface area contributed by atoms with E-state index in [0.29, 0.717) is 19.3 Å². The van der Waals surface area contributed by atoms with E-state index in [0.717, 1.165) is 6.42 Å². The molecule has 16 heavy (non-hydrogen) atoms. The van der Waals surface area contributed by atoms with Crippen LogP contribution < -0.4 is 5.26 Å². The van der Waals surface area contributed by atoms with E-state index >= 15 is 0 Å². The molecule has 1 N–H and O–H groups in total. The maximum absolute atomic E-state index is 12.8. The summed E-state index contributed by atoms with van der Waals surface area (Å²) < 4.78 is 32.9. The Kier molecular flexibility index (Phi) is 4.90. The predicted molar refractivity (Wildman–Crippen MR) is 48.0 cm³/mol. The number of carbonyl (C=O) groups excluding carboxylic acids is 1. The molecule has 8 heteroatoms. The number of hydrogen-bond donors (Lipinski definition) is 1. The molecule has 5 nitrogen and oxygen atoms in total. The summed E-state index contributed by atoms with van der Waals surface area (Å²) in [6.45, 7) is 0. The van der Waals surface area contributed by atoms with Gasteiger partial charge in [-0.05, 0) is 19.3 Å². The van der Waals surface area contributed by atoms with Crippen molar-refractivity contribution in [1.82, 2.24) is 0 Å². The van der Waals surface area contributed by atoms with Gasteiger partial charge < -0.3 is 19.4 Å². The molecule has 0 saturated heterocycles. The van der Waals surface area contributed by atoms with E-state index in [9.17, 15) is 23.9 Å². The van der Waals surface area contributed by atoms with Crippen LogP contribution in [0.2, 0.25) is 0 Å². The van der Waals surface area contributed by atoms with Gasteiger partial charge >= 0.3 is 11.2 Å². The quantitative estimate of drug-likeness (QED) is 0.339. The highest BCUT2D eigenvalue weighted by Gasteiger charge is 2.44. The SMILES string of the molecule is O=C(OC1CCCCC1O)C(F)(F)SO[O-]. The Hall–Kier alpha value is -0.440. The molecule has 1 rings (SSSR count). The van der Waals surface area contributed by atoms with Crippen LogP contribution in [0.5, 0.6) is 0 Å². The van der Waals surface area contributed by atoms with E-state index in [2.05, 4.69) is 9.07 Å². The first-order valence-electron chi connectivity index (χ1n) is 4.72. The van der Waals surface area contributed by atoms with Crippen LogP contribution in [0.3, 0.4) is 0 Å². The van der Waals surface area contributed by atoms with Gasteiger partial charge in [-0.3, -0.25) is 0 Å². The average Bonchev–Trinajstić information content (AvgIpc) is 2.21. The second-order valence-corrected chi connectivity index (χ2v) is 4.28. The Morgan fingerprint density at radius 1 is 1.44 bits per heavy atom. The molecule has 0 aromatic heterocycles. The number of hydrogen-bond acceptors (Lipinski definition) is 6. The van der Waals surface area contributed by atoms with Crippen LogP contribution in [0, 0.1) is 0 Å². The Labute approximate surface area is 94.9 Å². The zero-order valence-corrected chi connectivity index (χ0v) is 9.04. The summed E-state index contributed by atoms with van der Waals surface area (Å²) in [4.78, 5) is 10.9. The number of alkyl halides is 2. The molecule has 1 saturated carbocycles. The van der Waals surface area contributed by atoms with Gasteiger partial charge in [0, 0.05) is 0 Å². The van der Waals surface area contributed by atoms with Crippen LogP contribution in [0.1, 0.15) is 25.7 Å². The molecule has 0 spiro atoms. The van der Waals surface area contributed by atoms with Crippen molar-refractivity contribution in [1.29, 1.82) is 0 Å². The topological polar surface area (TPSA) is 78.8 Å². The Morgan fingerprint density at radius 3 is 2.62 bits per heavy atom. The highest BCUT2D eigenvalue weighted by Crippen LogP contribution is 2.31. The predicted octanol–water partition coefficient (Wildman–Crippen LogP) is 0.366. The molecular weight excluding hydrogens is 246 g/mol. The third-order valence-electron chi connectivity index (χ3n) is 2.30. The normalized spacial score (nSPS) is 26.5. The number of halogens is 2. The van der Waals surface area contributed by atoms with Crippen molar-refractivity contribution in [2.75, 3.05) is 0 Å². The Balaban J connectivity index is 2.49. The zero-order valence-electron chi connectivity index (χ0n) is 8.23. The number of aliphatic hydroxyl groups is 1. The molecule has 0 amide bonds. The van der Waals surface area contributed by atoms with E-state index in [1.165, 1.54) is 0 Å². The molecule has 0 bridgehead atoms. The summed E-state index contributed by atoms with van der Waals surface area (Å²) in [5, 5.41) is 14.9. The Morgan fingerprint density at radius 2 is 2.06 bits per heavy atom. The molecule has 94 valence electrons. The summed E-state index contributed by atoms with van der Waals surface area (Å²) in [5.41, 5.74) is 0. The van der Waals surface area contributed by atoms with Crippen molar-refractivity contribution in [2.24, 2.45) is 0 Å². The molecule has 1 aliphatic rings. The molecule has 0 radical (unpaired) electrons. The largest absolute Gasteiger partial charge is 0.710 e. The van der Waals surface area contributed by atoms with Crippen LogP contribution in [-0.4, -0.2) is 28.5 Å². The lowest BCUT2D eigenvalue weighted by molar-refractivity contribution is -0.630. The third kappa shape index (κ3) is 3.55. The second-order valence-electron chi connectivity index (χ2n) is 3.46. The second kappa shape index (κ2) is 5.76. The monoisotopic (exact) mass is 257 g/mol. The van der Waals surface area contributed by atoms with Crippen molar-refractivity contribution in [3.05, 3.63) is 0 Å². The van der Waals surface area contributed by atoms with Crippen LogP contribution in [0.4, 0.5) is 8.78 Å². The minimum absolute atomic E-state index is 0.339. The molecule has 0 aromatic carbocycles. The van der Waals surface area contributed by atoms with Gasteiger partial charge in [0.15, 0.2) is 0 Å². The maximum Gasteiger partial charge on any atom is 0.412 e. The van der Waals surface area contributed by atoms with Gasteiger partial charge in [-0.1, -0.05) is 6.42 Å². The standard InChI is InChI=1S/C8H12F2O5S/c9-8(10,16-15-13)7(12)14-6-4-2-1-3-5(6)11/h5-6,11,13H,1-4H2/p-1. The molecule has 2 atom stereocenters. The van der Waals surface area contributed by atoms with Crippen molar-refractivity contribution in [3.8, 4) is 0 Å². The van der Waals surface area contributed by atoms with Gasteiger partial charge in [0.1, 0.15) is 6.10 Å². The first-order chi connectivity index (χ1) is 7.47. The van der Waals surface area contributed by atoms with Crippen molar-refractivity contribution >= 4 is 18.0 Å². The molecule has 1 aliphatic carbocycles. The van der Waals surface area contributed by atoms with E-state index in [1.54, 1.807) is 0 Å². The van der Waals surface area contributed by atoms with Crippen LogP contribution in [-0.2, 0) is 13.9 Å². The number of aliphatic hydroxyl groups excluding tert-OH is 1. The van der Waals surface area contributed by atoms with Gasteiger partial charge in [-0.2, -0.15) is 8.78 Å². The van der Waals surface area contributed by atoms with Crippen LogP contribution in [0.15, 0.2) is 0 Å². The van der Waals surface area contributed by atoms with E-state index in [1.807, 2.05) is 0 Å². The number of ether oxygens (including phenoxy) is 1. The smallest absolute Gasteiger partial charge is 0.412 e. The van der Waals surface area contributed by atoms with Crippen LogP contribution >= 0.6 is 12.0 Å². The van der Waals surface area contributed by atoms with Gasteiger partial charge in [0.2, 0.25) is 0 Å². The fourth-order valence-corrected chi connectivity index (χ4v) is 1.70. The first kappa shape index (κ1) is 13.6. The fourth-order valence-electron chi connectivity index (χ4n) is 1.50. The summed E-state index contributed by atoms with van der Waals surface area (Å²) in [7, 11) is 0. The van der Waals surface area contributed by atoms with E-state index < -0.39 is 35.5 Å². The summed E-state index contributed by atoms with van der Waals surface area (Å²) in [6.07, 6.45) is 0.363. The molecule has 1 fully saturated rings. The minimum Gasteiger partial charge on any atom is -0.710 e. The van der Waals surface area contributed by atoms with Gasteiger partial charge in [0.25, 0.3) is 0 Å². The molecular formula is C8H11F2O5S-. The molecule has 0 aromatic rings. The van der Waals surface area contributed by atoms with Gasteiger partial charge in [0.05, 0.1) is 18.1 Å². The number of rotatable bonds is 4. The summed E-state index contributed by atoms with van der Waals surface area (Å²) >= 11 is -0.814. The van der Waals surface area contributed by atoms with Gasteiger partial charge in [-0.15, -0.1) is 0 Å². The van der Waals surface area contributed by atoms with Crippen molar-refractivity contribution < 1.29 is 33.0 Å². The Bertz CT molecular complexity index is 251. The zero-order chi connectivity index (χ0) is 12.2. The average molecular weight is 257 g/mol. The van der Waals surface area contributed by atoms with E-state index in [4.69, 9.17) is 0 Å². The first-order valence-corrected chi connectivity index (χ1v) is 5.46. The maximum atomic E-state index is 12.8. The number of esters is 1. The van der Waals surface area contributed by atoms with Crippen LogP contribution in [0.25, 0.3) is 0 Å². The van der Waals surface area contributed by atoms with Crippen molar-refractivity contribution in [3.63, 3.8) is 0 Å². The minimum atomic E-state index is -4.04. The molecule has 2 unspecified atom stereocenters. The fraction of sp³-hybridized carbons (Fsp3) is 0.875. The lowest BCUT2D eigenvalue weighted by atomic mass is 9.95. The highest BCUT2D eigenvalue weighted by molar-refractivity contribution is 7.96. The lowest BCUT2D eigenvalue weighted by Gasteiger charge is -2.28. The molecule has 0 aliphatic heterocycles. The summed E-state index contributed by atoms with van der Waals surface area (Å²) in [5.74, 6) is -1.86. The third-order valence-corrected chi connectivity index (χ3v) is 2.75. The highest BCUT2D eigenvalue weighted by atomic mass is 32.2.